The van der Waals surface area contributed by atoms with Gasteiger partial charge in [-0.2, -0.15) is 0 Å². The van der Waals surface area contributed by atoms with Crippen molar-refractivity contribution in [3.05, 3.63) is 0 Å². The van der Waals surface area contributed by atoms with Crippen LogP contribution in [0, 0.1) is 0 Å². The van der Waals surface area contributed by atoms with Crippen molar-refractivity contribution >= 4 is 34.2 Å². The van der Waals surface area contributed by atoms with E-state index in [-0.39, 0.29) is 0 Å². The highest BCUT2D eigenvalue weighted by Crippen LogP contribution is 2.26. The molecule has 0 saturated carbocycles. The summed E-state index contributed by atoms with van der Waals surface area (Å²) >= 11 is 0. The first-order valence-corrected chi connectivity index (χ1v) is 19.9. The Labute approximate surface area is 181 Å². The van der Waals surface area contributed by atoms with Gasteiger partial charge in [0.05, 0.1) is 24.9 Å². The van der Waals surface area contributed by atoms with Crippen molar-refractivity contribution in [3.63, 3.8) is 0 Å². The van der Waals surface area contributed by atoms with E-state index in [2.05, 4.69) is 0 Å². The maximum absolute atomic E-state index is 6.66. The topological polar surface area (TPSA) is 83.1 Å². The smallest absolute Gasteiger partial charge is 0.352 e. The normalized spacial score (nSPS) is 20.5. The standard InChI is InChI=1S/C16H42O9Si4/c1-11-21-26(7,13-17-3)23-28(9,15-19-5)25-29(10,16-20-6)24-27(8,14-18-4)22-12-2/h11-16H2,1-10H3. The monoisotopic (exact) mass is 490 g/mol. The second-order valence-electron chi connectivity index (χ2n) is 7.44. The minimum Gasteiger partial charge on any atom is -0.413 e. The molecule has 0 spiro atoms. The maximum Gasteiger partial charge on any atom is 0.352 e. The molecule has 0 heterocycles. The lowest BCUT2D eigenvalue weighted by atomic mass is 10.9. The van der Waals surface area contributed by atoms with Gasteiger partial charge in [0, 0.05) is 41.7 Å². The number of hydrogen-bond acceptors (Lipinski definition) is 9. The van der Waals surface area contributed by atoms with E-state index in [9.17, 15) is 0 Å². The third-order valence-corrected chi connectivity index (χ3v) is 19.2. The van der Waals surface area contributed by atoms with Gasteiger partial charge in [-0.25, -0.2) is 0 Å². The second kappa shape index (κ2) is 13.8. The van der Waals surface area contributed by atoms with Crippen LogP contribution < -0.4 is 0 Å². The van der Waals surface area contributed by atoms with Gasteiger partial charge >= 0.3 is 34.2 Å². The second-order valence-corrected chi connectivity index (χ2v) is 20.7. The van der Waals surface area contributed by atoms with Crippen LogP contribution in [0.5, 0.6) is 0 Å². The first-order valence-electron chi connectivity index (χ1n) is 9.83. The van der Waals surface area contributed by atoms with Gasteiger partial charge in [0.25, 0.3) is 0 Å². The third kappa shape index (κ3) is 11.1. The Balaban J connectivity index is 5.75. The molecule has 0 rings (SSSR count). The fourth-order valence-electron chi connectivity index (χ4n) is 3.39. The summed E-state index contributed by atoms with van der Waals surface area (Å²) in [5.74, 6) is 0. The Bertz CT molecular complexity index is 399. The van der Waals surface area contributed by atoms with Crippen LogP contribution in [-0.4, -0.2) is 101 Å². The quantitative estimate of drug-likeness (QED) is 0.268. The molecule has 0 radical (unpaired) electrons. The molecule has 0 aliphatic carbocycles. The van der Waals surface area contributed by atoms with Gasteiger partial charge in [0.2, 0.25) is 0 Å². The average Bonchev–Trinajstić information content (AvgIpc) is 2.54. The van der Waals surface area contributed by atoms with Crippen LogP contribution in [0.15, 0.2) is 0 Å². The molecule has 9 nitrogen and oxygen atoms in total. The fraction of sp³-hybridized carbons (Fsp3) is 1.00. The van der Waals surface area contributed by atoms with Crippen LogP contribution >= 0.6 is 0 Å². The summed E-state index contributed by atoms with van der Waals surface area (Å²) in [5, 5.41) is 0. The highest BCUT2D eigenvalue weighted by molar-refractivity contribution is 6.88. The van der Waals surface area contributed by atoms with Crippen molar-refractivity contribution < 1.29 is 40.1 Å². The first-order chi connectivity index (χ1) is 13.5. The van der Waals surface area contributed by atoms with Crippen molar-refractivity contribution in [2.75, 3.05) is 66.6 Å². The molecule has 0 aromatic rings. The van der Waals surface area contributed by atoms with E-state index in [0.29, 0.717) is 38.1 Å². The molecule has 0 amide bonds. The summed E-state index contributed by atoms with van der Waals surface area (Å²) in [6, 6.07) is 0. The van der Waals surface area contributed by atoms with Gasteiger partial charge in [0.1, 0.15) is 0 Å². The van der Waals surface area contributed by atoms with Crippen LogP contribution in [0.4, 0.5) is 0 Å². The van der Waals surface area contributed by atoms with Crippen LogP contribution in [-0.2, 0) is 40.1 Å². The van der Waals surface area contributed by atoms with E-state index < -0.39 is 34.2 Å². The summed E-state index contributed by atoms with van der Waals surface area (Å²) in [6.07, 6.45) is 1.46. The number of rotatable bonds is 18. The van der Waals surface area contributed by atoms with Crippen molar-refractivity contribution in [3.8, 4) is 0 Å². The van der Waals surface area contributed by atoms with Crippen molar-refractivity contribution in [1.29, 1.82) is 0 Å². The molecule has 29 heavy (non-hydrogen) atoms. The first kappa shape index (κ1) is 29.5. The zero-order valence-electron chi connectivity index (χ0n) is 19.9. The predicted molar refractivity (Wildman–Crippen MR) is 120 cm³/mol. The Kier molecular flexibility index (Phi) is 14.1. The highest BCUT2D eigenvalue weighted by atomic mass is 28.5. The summed E-state index contributed by atoms with van der Waals surface area (Å²) in [7, 11) is -4.41. The van der Waals surface area contributed by atoms with Gasteiger partial charge in [0.15, 0.2) is 0 Å². The lowest BCUT2D eigenvalue weighted by molar-refractivity contribution is 0.128. The Morgan fingerprint density at radius 3 is 0.931 bits per heavy atom. The van der Waals surface area contributed by atoms with E-state index in [1.165, 1.54) is 0 Å². The van der Waals surface area contributed by atoms with Crippen molar-refractivity contribution in [1.82, 2.24) is 0 Å². The summed E-state index contributed by atoms with van der Waals surface area (Å²) in [5.41, 5.74) is 0. The molecular weight excluding hydrogens is 449 g/mol. The van der Waals surface area contributed by atoms with Crippen LogP contribution in [0.1, 0.15) is 13.8 Å². The minimum absolute atomic E-state index is 0.333. The third-order valence-electron chi connectivity index (χ3n) is 3.82. The van der Waals surface area contributed by atoms with E-state index in [1.807, 2.05) is 40.0 Å². The zero-order chi connectivity index (χ0) is 22.6. The molecule has 0 fully saturated rings. The van der Waals surface area contributed by atoms with Gasteiger partial charge < -0.3 is 40.1 Å². The minimum atomic E-state index is -2.86. The highest BCUT2D eigenvalue weighted by Gasteiger charge is 2.52. The molecule has 0 aromatic carbocycles. The molecular formula is C16H42O9Si4. The predicted octanol–water partition coefficient (Wildman–Crippen LogP) is 2.14. The van der Waals surface area contributed by atoms with Crippen molar-refractivity contribution in [2.24, 2.45) is 0 Å². The lowest BCUT2D eigenvalue weighted by Crippen LogP contribution is -2.65. The Morgan fingerprint density at radius 2 is 0.690 bits per heavy atom. The Morgan fingerprint density at radius 1 is 0.448 bits per heavy atom. The number of hydrogen-bond donors (Lipinski definition) is 0. The molecule has 4 atom stereocenters. The van der Waals surface area contributed by atoms with Crippen LogP contribution in [0.2, 0.25) is 26.2 Å². The summed E-state index contributed by atoms with van der Waals surface area (Å²) in [6.45, 7) is 12.8. The largest absolute Gasteiger partial charge is 0.413 e. The Hall–Kier alpha value is 0.508. The van der Waals surface area contributed by atoms with E-state index >= 15 is 0 Å². The van der Waals surface area contributed by atoms with Crippen LogP contribution in [0.3, 0.4) is 0 Å². The van der Waals surface area contributed by atoms with Gasteiger partial charge in [-0.3, -0.25) is 0 Å². The fourth-order valence-corrected chi connectivity index (χ4v) is 20.8. The van der Waals surface area contributed by atoms with Gasteiger partial charge in [-0.1, -0.05) is 0 Å². The van der Waals surface area contributed by atoms with E-state index in [1.54, 1.807) is 28.4 Å². The molecule has 0 aliphatic rings. The lowest BCUT2D eigenvalue weighted by Gasteiger charge is -2.43. The van der Waals surface area contributed by atoms with Gasteiger partial charge in [-0.05, 0) is 40.0 Å². The van der Waals surface area contributed by atoms with E-state index in [4.69, 9.17) is 40.1 Å². The molecule has 0 aromatic heterocycles. The molecule has 0 saturated heterocycles. The summed E-state index contributed by atoms with van der Waals surface area (Å²) in [4.78, 5) is 0. The van der Waals surface area contributed by atoms with Crippen molar-refractivity contribution in [2.45, 2.75) is 40.0 Å². The summed E-state index contributed by atoms with van der Waals surface area (Å²) < 4.78 is 53.4. The molecule has 0 bridgehead atoms. The molecule has 13 heteroatoms. The SMILES string of the molecule is CCO[Si](C)(COC)O[Si](C)(COC)O[Si](C)(COC)O[Si](C)(COC)OCC. The number of methoxy groups -OCH3 is 4. The van der Waals surface area contributed by atoms with Crippen LogP contribution in [0.25, 0.3) is 0 Å². The van der Waals surface area contributed by atoms with Gasteiger partial charge in [-0.15, -0.1) is 0 Å². The molecule has 176 valence electrons. The maximum atomic E-state index is 6.66. The molecule has 4 unspecified atom stereocenters. The molecule has 0 aliphatic heterocycles. The molecule has 0 N–H and O–H groups in total. The zero-order valence-corrected chi connectivity index (χ0v) is 23.9. The average molecular weight is 491 g/mol. The van der Waals surface area contributed by atoms with E-state index in [0.717, 1.165) is 0 Å². The number of ether oxygens (including phenoxy) is 4.